The third-order valence-corrected chi connectivity index (χ3v) is 3.47. The van der Waals surface area contributed by atoms with Gasteiger partial charge in [0.25, 0.3) is 0 Å². The molecule has 0 atom stereocenters. The quantitative estimate of drug-likeness (QED) is 0.669. The van der Waals surface area contributed by atoms with E-state index in [1.165, 1.54) is 12.1 Å². The summed E-state index contributed by atoms with van der Waals surface area (Å²) in [6.45, 7) is 4.40. The van der Waals surface area contributed by atoms with Gasteiger partial charge < -0.3 is 10.6 Å². The maximum absolute atomic E-state index is 13.7. The molecule has 2 aromatic carbocycles. The first-order valence-electron chi connectivity index (χ1n) is 7.46. The van der Waals surface area contributed by atoms with Gasteiger partial charge in [0.05, 0.1) is 5.52 Å². The number of anilines is 2. The Kier molecular flexibility index (Phi) is 4.65. The van der Waals surface area contributed by atoms with Gasteiger partial charge in [0, 0.05) is 30.1 Å². The monoisotopic (exact) mass is 326 g/mol. The molecule has 6 heteroatoms. The SMILES string of the molecule is C=CCNc1nc(NCc2ccc(F)cc2F)nc2ccccc12. The van der Waals surface area contributed by atoms with Crippen LogP contribution in [0.25, 0.3) is 10.9 Å². The van der Waals surface area contributed by atoms with E-state index in [4.69, 9.17) is 0 Å². The maximum atomic E-state index is 13.7. The fourth-order valence-electron chi connectivity index (χ4n) is 2.30. The highest BCUT2D eigenvalue weighted by Crippen LogP contribution is 2.22. The number of rotatable bonds is 6. The number of fused-ring (bicyclic) bond motifs is 1. The summed E-state index contributed by atoms with van der Waals surface area (Å²) in [5.41, 5.74) is 1.11. The van der Waals surface area contributed by atoms with Crippen molar-refractivity contribution in [1.82, 2.24) is 9.97 Å². The number of nitrogens with zero attached hydrogens (tertiary/aromatic N) is 2. The first kappa shape index (κ1) is 15.9. The van der Waals surface area contributed by atoms with E-state index in [1.807, 2.05) is 24.3 Å². The van der Waals surface area contributed by atoms with Crippen molar-refractivity contribution in [2.75, 3.05) is 17.2 Å². The van der Waals surface area contributed by atoms with Gasteiger partial charge in [-0.1, -0.05) is 24.3 Å². The van der Waals surface area contributed by atoms with Crippen LogP contribution in [0.2, 0.25) is 0 Å². The van der Waals surface area contributed by atoms with Gasteiger partial charge in [0.15, 0.2) is 0 Å². The molecule has 0 aliphatic carbocycles. The molecule has 3 rings (SSSR count). The second kappa shape index (κ2) is 7.04. The molecule has 0 bridgehead atoms. The van der Waals surface area contributed by atoms with Crippen LogP contribution in [0.15, 0.2) is 55.1 Å². The minimum atomic E-state index is -0.603. The maximum Gasteiger partial charge on any atom is 0.225 e. The highest BCUT2D eigenvalue weighted by Gasteiger charge is 2.08. The van der Waals surface area contributed by atoms with Crippen molar-refractivity contribution < 1.29 is 8.78 Å². The molecule has 0 fully saturated rings. The summed E-state index contributed by atoms with van der Waals surface area (Å²) in [6.07, 6.45) is 1.73. The second-order valence-electron chi connectivity index (χ2n) is 5.17. The van der Waals surface area contributed by atoms with Crippen LogP contribution >= 0.6 is 0 Å². The molecule has 0 saturated carbocycles. The largest absolute Gasteiger partial charge is 0.366 e. The summed E-state index contributed by atoms with van der Waals surface area (Å²) in [6, 6.07) is 11.1. The summed E-state index contributed by atoms with van der Waals surface area (Å²) in [4.78, 5) is 8.84. The molecule has 1 heterocycles. The average molecular weight is 326 g/mol. The zero-order chi connectivity index (χ0) is 16.9. The van der Waals surface area contributed by atoms with Crippen LogP contribution in [0.4, 0.5) is 20.5 Å². The standard InChI is InChI=1S/C18H16F2N4/c1-2-9-21-17-14-5-3-4-6-16(14)23-18(24-17)22-11-12-7-8-13(19)10-15(12)20/h2-8,10H,1,9,11H2,(H2,21,22,23,24). The number of hydrogen-bond donors (Lipinski definition) is 2. The molecule has 122 valence electrons. The molecule has 0 spiro atoms. The van der Waals surface area contributed by atoms with Crippen molar-refractivity contribution in [2.24, 2.45) is 0 Å². The van der Waals surface area contributed by atoms with E-state index < -0.39 is 11.6 Å². The predicted molar refractivity (Wildman–Crippen MR) is 91.9 cm³/mol. The van der Waals surface area contributed by atoms with Crippen molar-refractivity contribution in [3.8, 4) is 0 Å². The number of nitrogens with one attached hydrogen (secondary N) is 2. The summed E-state index contributed by atoms with van der Waals surface area (Å²) >= 11 is 0. The van der Waals surface area contributed by atoms with E-state index in [1.54, 1.807) is 6.08 Å². The molecule has 0 unspecified atom stereocenters. The minimum Gasteiger partial charge on any atom is -0.366 e. The zero-order valence-electron chi connectivity index (χ0n) is 12.9. The third-order valence-electron chi connectivity index (χ3n) is 3.47. The fraction of sp³-hybridized carbons (Fsp3) is 0.111. The molecule has 3 aromatic rings. The van der Waals surface area contributed by atoms with E-state index >= 15 is 0 Å². The first-order valence-corrected chi connectivity index (χ1v) is 7.46. The lowest BCUT2D eigenvalue weighted by atomic mass is 10.2. The molecule has 0 aliphatic rings. The Morgan fingerprint density at radius 1 is 1.04 bits per heavy atom. The van der Waals surface area contributed by atoms with Crippen LogP contribution in [0.5, 0.6) is 0 Å². The minimum absolute atomic E-state index is 0.158. The van der Waals surface area contributed by atoms with Crippen LogP contribution < -0.4 is 10.6 Å². The molecule has 1 aromatic heterocycles. The van der Waals surface area contributed by atoms with Crippen molar-refractivity contribution in [3.63, 3.8) is 0 Å². The number of aromatic nitrogens is 2. The van der Waals surface area contributed by atoms with E-state index in [0.29, 0.717) is 23.9 Å². The molecule has 0 amide bonds. The number of para-hydroxylation sites is 1. The lowest BCUT2D eigenvalue weighted by Crippen LogP contribution is -2.08. The van der Waals surface area contributed by atoms with E-state index in [0.717, 1.165) is 17.0 Å². The van der Waals surface area contributed by atoms with Crippen molar-refractivity contribution >= 4 is 22.7 Å². The highest BCUT2D eigenvalue weighted by molar-refractivity contribution is 5.90. The van der Waals surface area contributed by atoms with Gasteiger partial charge in [-0.05, 0) is 18.2 Å². The number of benzene rings is 2. The smallest absolute Gasteiger partial charge is 0.225 e. The van der Waals surface area contributed by atoms with Crippen LogP contribution in [0.1, 0.15) is 5.56 Å². The third kappa shape index (κ3) is 3.48. The number of hydrogen-bond acceptors (Lipinski definition) is 4. The van der Waals surface area contributed by atoms with Crippen molar-refractivity contribution in [2.45, 2.75) is 6.54 Å². The van der Waals surface area contributed by atoms with Gasteiger partial charge >= 0.3 is 0 Å². The van der Waals surface area contributed by atoms with Crippen molar-refractivity contribution in [1.29, 1.82) is 0 Å². The van der Waals surface area contributed by atoms with Crippen molar-refractivity contribution in [3.05, 3.63) is 72.3 Å². The predicted octanol–water partition coefficient (Wildman–Crippen LogP) is 4.12. The van der Waals surface area contributed by atoms with E-state index in [-0.39, 0.29) is 6.54 Å². The number of halogens is 2. The van der Waals surface area contributed by atoms with Gasteiger partial charge in [-0.15, -0.1) is 6.58 Å². The fourth-order valence-corrected chi connectivity index (χ4v) is 2.30. The molecule has 0 aliphatic heterocycles. The molecular formula is C18H16F2N4. The van der Waals surface area contributed by atoms with Gasteiger partial charge in [-0.2, -0.15) is 4.98 Å². The van der Waals surface area contributed by atoms with Crippen LogP contribution in [0.3, 0.4) is 0 Å². The second-order valence-corrected chi connectivity index (χ2v) is 5.17. The van der Waals surface area contributed by atoms with Crippen LogP contribution in [-0.2, 0) is 6.54 Å². The summed E-state index contributed by atoms with van der Waals surface area (Å²) in [5.74, 6) is -0.172. The Balaban J connectivity index is 1.87. The van der Waals surface area contributed by atoms with Crippen LogP contribution in [-0.4, -0.2) is 16.5 Å². The molecule has 0 saturated heterocycles. The summed E-state index contributed by atoms with van der Waals surface area (Å²) in [7, 11) is 0. The molecule has 2 N–H and O–H groups in total. The normalized spacial score (nSPS) is 10.6. The topological polar surface area (TPSA) is 49.8 Å². The summed E-state index contributed by atoms with van der Waals surface area (Å²) < 4.78 is 26.7. The zero-order valence-corrected chi connectivity index (χ0v) is 12.9. The summed E-state index contributed by atoms with van der Waals surface area (Å²) in [5, 5.41) is 7.03. The first-order chi connectivity index (χ1) is 11.7. The van der Waals surface area contributed by atoms with Gasteiger partial charge in [0.2, 0.25) is 5.95 Å². The lowest BCUT2D eigenvalue weighted by molar-refractivity contribution is 0.574. The van der Waals surface area contributed by atoms with Gasteiger partial charge in [-0.3, -0.25) is 0 Å². The Morgan fingerprint density at radius 2 is 1.88 bits per heavy atom. The van der Waals surface area contributed by atoms with E-state index in [9.17, 15) is 8.78 Å². The Labute approximate surface area is 138 Å². The highest BCUT2D eigenvalue weighted by atomic mass is 19.1. The van der Waals surface area contributed by atoms with Crippen LogP contribution in [0, 0.1) is 11.6 Å². The molecule has 0 radical (unpaired) electrons. The Hall–Kier alpha value is -3.02. The average Bonchev–Trinajstić information content (AvgIpc) is 2.59. The molecule has 24 heavy (non-hydrogen) atoms. The Bertz CT molecular complexity index is 880. The Morgan fingerprint density at radius 3 is 2.67 bits per heavy atom. The lowest BCUT2D eigenvalue weighted by Gasteiger charge is -2.11. The van der Waals surface area contributed by atoms with Gasteiger partial charge in [0.1, 0.15) is 17.5 Å². The molecular weight excluding hydrogens is 310 g/mol. The van der Waals surface area contributed by atoms with Gasteiger partial charge in [-0.25, -0.2) is 13.8 Å². The molecule has 4 nitrogen and oxygen atoms in total. The van der Waals surface area contributed by atoms with E-state index in [2.05, 4.69) is 27.2 Å².